The number of hydrogen-bond donors (Lipinski definition) is 3. The molecule has 198 valence electrons. The summed E-state index contributed by atoms with van der Waals surface area (Å²) in [5.41, 5.74) is 6.52. The van der Waals surface area contributed by atoms with E-state index in [9.17, 15) is 19.1 Å². The van der Waals surface area contributed by atoms with Crippen LogP contribution in [0.1, 0.15) is 45.8 Å². The van der Waals surface area contributed by atoms with Crippen molar-refractivity contribution in [2.75, 3.05) is 18.9 Å². The van der Waals surface area contributed by atoms with Gasteiger partial charge in [-0.1, -0.05) is 18.2 Å². The van der Waals surface area contributed by atoms with Crippen molar-refractivity contribution in [3.05, 3.63) is 83.1 Å². The van der Waals surface area contributed by atoms with Crippen LogP contribution in [0.15, 0.2) is 54.9 Å². The average Bonchev–Trinajstić information content (AvgIpc) is 3.47. The summed E-state index contributed by atoms with van der Waals surface area (Å²) in [6.07, 6.45) is 4.32. The average molecular weight is 537 g/mol. The zero-order chi connectivity index (χ0) is 27.6. The van der Waals surface area contributed by atoms with Crippen LogP contribution in [-0.4, -0.2) is 50.2 Å². The number of nitrogens with two attached hydrogens (primary N) is 1. The molecule has 4 rings (SSSR count). The largest absolute Gasteiger partial charge is 0.386 e. The number of nitrogens with one attached hydrogen (secondary N) is 1. The fraction of sp³-hybridized carbons (Fsp3) is 0.259. The molecule has 11 heteroatoms. The Balaban J connectivity index is 1.54. The van der Waals surface area contributed by atoms with Crippen molar-refractivity contribution in [3.63, 3.8) is 0 Å². The fourth-order valence-electron chi connectivity index (χ4n) is 3.83. The lowest BCUT2D eigenvalue weighted by molar-refractivity contribution is 0.0779. The molecular weight excluding hydrogens is 507 g/mol. The zero-order valence-electron chi connectivity index (χ0n) is 21.5. The summed E-state index contributed by atoms with van der Waals surface area (Å²) >= 11 is 1.13. The van der Waals surface area contributed by atoms with Crippen molar-refractivity contribution in [1.82, 2.24) is 19.7 Å². The number of thiophene rings is 1. The van der Waals surface area contributed by atoms with Crippen LogP contribution in [0.4, 0.5) is 15.2 Å². The second-order valence-corrected chi connectivity index (χ2v) is 10.6. The molecule has 0 bridgehead atoms. The molecule has 0 unspecified atom stereocenters. The van der Waals surface area contributed by atoms with E-state index in [4.69, 9.17) is 5.73 Å². The second-order valence-electron chi connectivity index (χ2n) is 9.50. The number of halogens is 1. The standard InChI is InChI=1S/C27H29FN6O3S/c1-27(2,37)17-8-9-18(20(28)12-17)22-13-19(24(29)35)25(38-22)32-23-7-5-6-21(31-23)26(36)33(3)11-10-16-14-30-34(4)15-16/h5-9,12-15,37H,10-11H2,1-4H3,(H2,29,35)(H,31,32). The fourth-order valence-corrected chi connectivity index (χ4v) is 4.93. The van der Waals surface area contributed by atoms with Crippen LogP contribution in [0.25, 0.3) is 10.4 Å². The minimum absolute atomic E-state index is 0.170. The van der Waals surface area contributed by atoms with E-state index < -0.39 is 17.3 Å². The number of likely N-dealkylation sites (N-methyl/N-ethyl adjacent to an activating group) is 1. The van der Waals surface area contributed by atoms with E-state index in [1.54, 1.807) is 67.0 Å². The molecule has 2 amide bonds. The molecule has 38 heavy (non-hydrogen) atoms. The smallest absolute Gasteiger partial charge is 0.272 e. The lowest BCUT2D eigenvalue weighted by Gasteiger charge is -2.18. The molecule has 0 atom stereocenters. The van der Waals surface area contributed by atoms with Gasteiger partial charge in [0.25, 0.3) is 11.8 Å². The van der Waals surface area contributed by atoms with Crippen molar-refractivity contribution in [1.29, 1.82) is 0 Å². The van der Waals surface area contributed by atoms with Crippen LogP contribution in [0, 0.1) is 5.82 Å². The second kappa shape index (κ2) is 10.7. The number of carbonyl (C=O) groups is 2. The van der Waals surface area contributed by atoms with E-state index in [2.05, 4.69) is 15.4 Å². The Bertz CT molecular complexity index is 1490. The van der Waals surface area contributed by atoms with Gasteiger partial charge < -0.3 is 21.1 Å². The monoisotopic (exact) mass is 536 g/mol. The summed E-state index contributed by atoms with van der Waals surface area (Å²) in [7, 11) is 3.54. The summed E-state index contributed by atoms with van der Waals surface area (Å²) in [5, 5.41) is 17.7. The van der Waals surface area contributed by atoms with Gasteiger partial charge in [-0.3, -0.25) is 14.3 Å². The predicted molar refractivity (Wildman–Crippen MR) is 145 cm³/mol. The van der Waals surface area contributed by atoms with E-state index in [1.807, 2.05) is 13.2 Å². The highest BCUT2D eigenvalue weighted by molar-refractivity contribution is 7.20. The molecular formula is C27H29FN6O3S. The molecule has 0 radical (unpaired) electrons. The third-order valence-electron chi connectivity index (χ3n) is 5.99. The maximum absolute atomic E-state index is 14.9. The molecule has 0 saturated heterocycles. The first-order chi connectivity index (χ1) is 17.9. The van der Waals surface area contributed by atoms with Gasteiger partial charge in [0.15, 0.2) is 0 Å². The van der Waals surface area contributed by atoms with Gasteiger partial charge in [-0.25, -0.2) is 9.37 Å². The van der Waals surface area contributed by atoms with Crippen molar-refractivity contribution in [2.24, 2.45) is 12.8 Å². The molecule has 0 aliphatic carbocycles. The number of anilines is 2. The molecule has 0 spiro atoms. The van der Waals surface area contributed by atoms with Crippen LogP contribution in [0.3, 0.4) is 0 Å². The summed E-state index contributed by atoms with van der Waals surface area (Å²) < 4.78 is 16.6. The topological polar surface area (TPSA) is 126 Å². The number of carbonyl (C=O) groups excluding carboxylic acids is 2. The Morgan fingerprint density at radius 3 is 2.63 bits per heavy atom. The first-order valence-electron chi connectivity index (χ1n) is 11.9. The summed E-state index contributed by atoms with van der Waals surface area (Å²) in [5.74, 6) is -1.14. The molecule has 1 aromatic carbocycles. The highest BCUT2D eigenvalue weighted by Crippen LogP contribution is 2.38. The van der Waals surface area contributed by atoms with E-state index in [1.165, 1.54) is 12.1 Å². The van der Waals surface area contributed by atoms with Crippen LogP contribution in [0.5, 0.6) is 0 Å². The Morgan fingerprint density at radius 2 is 2.00 bits per heavy atom. The molecule has 0 saturated carbocycles. The number of rotatable bonds is 9. The first-order valence-corrected chi connectivity index (χ1v) is 12.7. The van der Waals surface area contributed by atoms with Gasteiger partial charge in [-0.2, -0.15) is 5.10 Å². The first kappa shape index (κ1) is 27.0. The number of benzene rings is 1. The summed E-state index contributed by atoms with van der Waals surface area (Å²) in [6.45, 7) is 3.64. The number of pyridine rings is 1. The lowest BCUT2D eigenvalue weighted by atomic mass is 9.96. The van der Waals surface area contributed by atoms with E-state index in [0.717, 1.165) is 16.9 Å². The SMILES string of the molecule is CN(CCc1cnn(C)c1)C(=O)c1cccc(Nc2sc(-c3ccc(C(C)(C)O)cc3F)cc2C(N)=O)n1. The van der Waals surface area contributed by atoms with Crippen molar-refractivity contribution in [2.45, 2.75) is 25.9 Å². The number of aryl methyl sites for hydroxylation is 1. The quantitative estimate of drug-likeness (QED) is 0.296. The Kier molecular flexibility index (Phi) is 7.61. The van der Waals surface area contributed by atoms with Gasteiger partial charge in [0.2, 0.25) is 0 Å². The zero-order valence-corrected chi connectivity index (χ0v) is 22.3. The number of hydrogen-bond acceptors (Lipinski definition) is 7. The van der Waals surface area contributed by atoms with Gasteiger partial charge in [0.1, 0.15) is 22.3 Å². The van der Waals surface area contributed by atoms with E-state index >= 15 is 0 Å². The molecule has 4 N–H and O–H groups in total. The van der Waals surface area contributed by atoms with Gasteiger partial charge in [-0.05, 0) is 55.7 Å². The Labute approximate surface area is 223 Å². The molecule has 0 fully saturated rings. The number of aromatic nitrogens is 3. The maximum atomic E-state index is 14.9. The minimum atomic E-state index is -1.19. The van der Waals surface area contributed by atoms with Crippen LogP contribution in [-0.2, 0) is 19.1 Å². The van der Waals surface area contributed by atoms with Crippen LogP contribution >= 0.6 is 11.3 Å². The molecule has 9 nitrogen and oxygen atoms in total. The Hall–Kier alpha value is -4.09. The van der Waals surface area contributed by atoms with Crippen LogP contribution < -0.4 is 11.1 Å². The lowest BCUT2D eigenvalue weighted by Crippen LogP contribution is -2.29. The summed E-state index contributed by atoms with van der Waals surface area (Å²) in [4.78, 5) is 31.6. The van der Waals surface area contributed by atoms with Gasteiger partial charge >= 0.3 is 0 Å². The van der Waals surface area contributed by atoms with Crippen molar-refractivity contribution < 1.29 is 19.1 Å². The number of amides is 2. The van der Waals surface area contributed by atoms with Gasteiger partial charge in [0, 0.05) is 37.3 Å². The molecule has 3 heterocycles. The van der Waals surface area contributed by atoms with Gasteiger partial charge in [0.05, 0.1) is 17.4 Å². The third kappa shape index (κ3) is 6.06. The van der Waals surface area contributed by atoms with Gasteiger partial charge in [-0.15, -0.1) is 11.3 Å². The Morgan fingerprint density at radius 1 is 1.24 bits per heavy atom. The van der Waals surface area contributed by atoms with Crippen LogP contribution in [0.2, 0.25) is 0 Å². The molecule has 0 aliphatic heterocycles. The highest BCUT2D eigenvalue weighted by Gasteiger charge is 2.21. The maximum Gasteiger partial charge on any atom is 0.272 e. The third-order valence-corrected chi connectivity index (χ3v) is 7.07. The van der Waals surface area contributed by atoms with E-state index in [-0.39, 0.29) is 22.7 Å². The van der Waals surface area contributed by atoms with Crippen molar-refractivity contribution in [3.8, 4) is 10.4 Å². The normalized spacial score (nSPS) is 11.4. The predicted octanol–water partition coefficient (Wildman–Crippen LogP) is 4.07. The number of aliphatic hydroxyl groups is 1. The van der Waals surface area contributed by atoms with E-state index in [0.29, 0.717) is 34.2 Å². The molecule has 0 aliphatic rings. The number of nitrogens with zero attached hydrogens (tertiary/aromatic N) is 4. The molecule has 3 aromatic heterocycles. The van der Waals surface area contributed by atoms with Crippen molar-refractivity contribution >= 4 is 34.0 Å². The summed E-state index contributed by atoms with van der Waals surface area (Å²) in [6, 6.07) is 10.9. The number of primary amides is 1. The molecule has 4 aromatic rings. The minimum Gasteiger partial charge on any atom is -0.386 e. The highest BCUT2D eigenvalue weighted by atomic mass is 32.1.